The second-order valence-electron chi connectivity index (χ2n) is 2.87. The van der Waals surface area contributed by atoms with Gasteiger partial charge in [-0.05, 0) is 24.6 Å². The second kappa shape index (κ2) is 3.39. The van der Waals surface area contributed by atoms with E-state index in [9.17, 15) is 4.79 Å². The number of amides is 1. The smallest absolute Gasteiger partial charge is 0.257 e. The number of rotatable bonds is 1. The molecule has 0 saturated carbocycles. The van der Waals surface area contributed by atoms with Gasteiger partial charge in [0.1, 0.15) is 0 Å². The molecule has 0 spiro atoms. The largest absolute Gasteiger partial charge is 0.316 e. The van der Waals surface area contributed by atoms with E-state index in [1.165, 1.54) is 0 Å². The maximum atomic E-state index is 11.5. The van der Waals surface area contributed by atoms with E-state index in [0.717, 1.165) is 25.0 Å². The summed E-state index contributed by atoms with van der Waals surface area (Å²) in [6.45, 7) is 11.8. The van der Waals surface area contributed by atoms with E-state index in [1.54, 1.807) is 11.1 Å². The van der Waals surface area contributed by atoms with Gasteiger partial charge in [-0.1, -0.05) is 19.7 Å². The predicted molar refractivity (Wildman–Crippen MR) is 49.4 cm³/mol. The molecule has 64 valence electrons. The van der Waals surface area contributed by atoms with E-state index in [4.69, 9.17) is 0 Å². The first-order chi connectivity index (χ1) is 5.66. The Hall–Kier alpha value is -1.31. The Morgan fingerprint density at radius 2 is 2.08 bits per heavy atom. The van der Waals surface area contributed by atoms with E-state index in [0.29, 0.717) is 5.57 Å². The number of nitrogens with zero attached hydrogens (tertiary/aromatic N) is 1. The summed E-state index contributed by atoms with van der Waals surface area (Å²) in [7, 11) is 0. The van der Waals surface area contributed by atoms with Gasteiger partial charge in [0.2, 0.25) is 0 Å². The zero-order valence-corrected chi connectivity index (χ0v) is 7.18. The van der Waals surface area contributed by atoms with Crippen molar-refractivity contribution in [2.75, 3.05) is 6.54 Å². The normalized spacial score (nSPS) is 19.3. The number of hydrogen-bond acceptors (Lipinski definition) is 1. The number of carbonyl (C=O) groups is 1. The van der Waals surface area contributed by atoms with Crippen LogP contribution in [-0.4, -0.2) is 17.4 Å². The van der Waals surface area contributed by atoms with Gasteiger partial charge in [-0.2, -0.15) is 0 Å². The van der Waals surface area contributed by atoms with Crippen molar-refractivity contribution in [3.05, 3.63) is 37.1 Å². The summed E-state index contributed by atoms with van der Waals surface area (Å²) in [5.74, 6) is -0.0625. The monoisotopic (exact) mass is 163 g/mol. The molecular weight excluding hydrogens is 150 g/mol. The van der Waals surface area contributed by atoms with Gasteiger partial charge in [0, 0.05) is 12.1 Å². The predicted octanol–water partition coefficient (Wildman–Crippen LogP) is 1.86. The van der Waals surface area contributed by atoms with Crippen LogP contribution in [-0.2, 0) is 4.79 Å². The summed E-state index contributed by atoms with van der Waals surface area (Å²) in [5.41, 5.74) is 1.37. The van der Waals surface area contributed by atoms with Crippen LogP contribution in [0, 0.1) is 0 Å². The molecule has 12 heavy (non-hydrogen) atoms. The van der Waals surface area contributed by atoms with E-state index >= 15 is 0 Å². The highest BCUT2D eigenvalue weighted by atomic mass is 16.2. The van der Waals surface area contributed by atoms with Gasteiger partial charge in [0.15, 0.2) is 0 Å². The third kappa shape index (κ3) is 1.47. The Bertz CT molecular complexity index is 253. The number of hydrogen-bond donors (Lipinski definition) is 0. The molecule has 1 fully saturated rings. The summed E-state index contributed by atoms with van der Waals surface area (Å²) >= 11 is 0. The molecule has 0 aromatic rings. The first-order valence-corrected chi connectivity index (χ1v) is 3.97. The summed E-state index contributed by atoms with van der Waals surface area (Å²) < 4.78 is 0. The molecule has 0 unspecified atom stereocenters. The molecule has 1 saturated heterocycles. The van der Waals surface area contributed by atoms with Crippen molar-refractivity contribution in [1.82, 2.24) is 4.90 Å². The van der Waals surface area contributed by atoms with Crippen LogP contribution >= 0.6 is 0 Å². The molecule has 0 atom stereocenters. The Morgan fingerprint density at radius 3 is 2.67 bits per heavy atom. The molecule has 0 aromatic heterocycles. The molecule has 2 nitrogen and oxygen atoms in total. The van der Waals surface area contributed by atoms with Crippen molar-refractivity contribution < 1.29 is 4.79 Å². The van der Waals surface area contributed by atoms with Crippen LogP contribution in [0.5, 0.6) is 0 Å². The zero-order chi connectivity index (χ0) is 9.14. The van der Waals surface area contributed by atoms with Crippen LogP contribution < -0.4 is 0 Å². The summed E-state index contributed by atoms with van der Waals surface area (Å²) in [5, 5.41) is 0. The van der Waals surface area contributed by atoms with Crippen molar-refractivity contribution in [2.45, 2.75) is 12.8 Å². The van der Waals surface area contributed by atoms with Gasteiger partial charge in [0.05, 0.1) is 0 Å². The minimum atomic E-state index is -0.0625. The molecule has 1 aliphatic heterocycles. The Kier molecular flexibility index (Phi) is 2.48. The third-order valence-corrected chi connectivity index (χ3v) is 2.04. The molecule has 1 heterocycles. The number of carbonyl (C=O) groups excluding carboxylic acids is 1. The Balaban J connectivity index is 2.87. The molecule has 0 aromatic carbocycles. The van der Waals surface area contributed by atoms with E-state index in [2.05, 4.69) is 19.7 Å². The van der Waals surface area contributed by atoms with Crippen molar-refractivity contribution >= 4 is 5.91 Å². The molecule has 1 aliphatic rings. The fraction of sp³-hybridized carbons (Fsp3) is 0.300. The topological polar surface area (TPSA) is 20.3 Å². The fourth-order valence-corrected chi connectivity index (χ4v) is 1.21. The van der Waals surface area contributed by atoms with Gasteiger partial charge >= 0.3 is 0 Å². The molecule has 0 bridgehead atoms. The summed E-state index contributed by atoms with van der Waals surface area (Å²) in [6.07, 6.45) is 3.34. The third-order valence-electron chi connectivity index (χ3n) is 2.04. The van der Waals surface area contributed by atoms with Crippen LogP contribution in [0.3, 0.4) is 0 Å². The lowest BCUT2D eigenvalue weighted by atomic mass is 10.1. The SMILES string of the molecule is C=CN1CCCC(=C)C(=C)C1=O. The van der Waals surface area contributed by atoms with Crippen molar-refractivity contribution in [3.63, 3.8) is 0 Å². The van der Waals surface area contributed by atoms with Gasteiger partial charge in [0.25, 0.3) is 5.91 Å². The molecular formula is C10H13NO. The second-order valence-corrected chi connectivity index (χ2v) is 2.87. The van der Waals surface area contributed by atoms with E-state index < -0.39 is 0 Å². The van der Waals surface area contributed by atoms with E-state index in [-0.39, 0.29) is 5.91 Å². The average molecular weight is 163 g/mol. The molecule has 1 rings (SSSR count). The summed E-state index contributed by atoms with van der Waals surface area (Å²) in [6, 6.07) is 0. The van der Waals surface area contributed by atoms with Crippen LogP contribution in [0.4, 0.5) is 0 Å². The lowest BCUT2D eigenvalue weighted by Crippen LogP contribution is -2.25. The molecule has 0 radical (unpaired) electrons. The molecule has 1 amide bonds. The summed E-state index contributed by atoms with van der Waals surface area (Å²) in [4.78, 5) is 13.1. The van der Waals surface area contributed by atoms with Gasteiger partial charge in [-0.3, -0.25) is 4.79 Å². The highest BCUT2D eigenvalue weighted by Crippen LogP contribution is 2.19. The van der Waals surface area contributed by atoms with Gasteiger partial charge in [-0.25, -0.2) is 0 Å². The van der Waals surface area contributed by atoms with E-state index in [1.807, 2.05) is 0 Å². The lowest BCUT2D eigenvalue weighted by molar-refractivity contribution is -0.124. The maximum absolute atomic E-state index is 11.5. The first-order valence-electron chi connectivity index (χ1n) is 3.97. The fourth-order valence-electron chi connectivity index (χ4n) is 1.21. The standard InChI is InChI=1S/C10H13NO/c1-4-11-7-5-6-8(2)9(3)10(11)12/h4H,1-3,5-7H2. The van der Waals surface area contributed by atoms with Crippen molar-refractivity contribution in [1.29, 1.82) is 0 Å². The highest BCUT2D eigenvalue weighted by molar-refractivity contribution is 5.97. The number of likely N-dealkylation sites (tertiary alicyclic amines) is 1. The van der Waals surface area contributed by atoms with Gasteiger partial charge < -0.3 is 4.90 Å². The molecule has 2 heteroatoms. The maximum Gasteiger partial charge on any atom is 0.257 e. The Morgan fingerprint density at radius 1 is 1.42 bits per heavy atom. The van der Waals surface area contributed by atoms with Crippen LogP contribution in [0.2, 0.25) is 0 Å². The zero-order valence-electron chi connectivity index (χ0n) is 7.18. The Labute approximate surface area is 72.9 Å². The van der Waals surface area contributed by atoms with Crippen LogP contribution in [0.15, 0.2) is 37.1 Å². The minimum Gasteiger partial charge on any atom is -0.316 e. The van der Waals surface area contributed by atoms with Gasteiger partial charge in [-0.15, -0.1) is 0 Å². The molecule has 0 aliphatic carbocycles. The highest BCUT2D eigenvalue weighted by Gasteiger charge is 2.19. The van der Waals surface area contributed by atoms with Crippen molar-refractivity contribution in [3.8, 4) is 0 Å². The first kappa shape index (κ1) is 8.78. The minimum absolute atomic E-state index is 0.0625. The molecule has 0 N–H and O–H groups in total. The van der Waals surface area contributed by atoms with Crippen LogP contribution in [0.1, 0.15) is 12.8 Å². The van der Waals surface area contributed by atoms with Crippen molar-refractivity contribution in [2.24, 2.45) is 0 Å². The quantitative estimate of drug-likeness (QED) is 0.540. The average Bonchev–Trinajstić information content (AvgIpc) is 2.19. The lowest BCUT2D eigenvalue weighted by Gasteiger charge is -2.14. The van der Waals surface area contributed by atoms with Crippen LogP contribution in [0.25, 0.3) is 0 Å².